The van der Waals surface area contributed by atoms with Crippen molar-refractivity contribution in [2.24, 2.45) is 0 Å². The van der Waals surface area contributed by atoms with E-state index in [1.165, 1.54) is 24.4 Å². The zero-order valence-electron chi connectivity index (χ0n) is 22.0. The molecular formula is C29H32ClFN4O3. The van der Waals surface area contributed by atoms with Gasteiger partial charge in [0.05, 0.1) is 21.8 Å². The third-order valence-electron chi connectivity index (χ3n) is 6.49. The van der Waals surface area contributed by atoms with Gasteiger partial charge in [-0.15, -0.1) is 0 Å². The lowest BCUT2D eigenvalue weighted by Crippen LogP contribution is -2.36. The number of anilines is 2. The summed E-state index contributed by atoms with van der Waals surface area (Å²) in [4.78, 5) is 32.8. The zero-order valence-corrected chi connectivity index (χ0v) is 22.7. The van der Waals surface area contributed by atoms with Crippen molar-refractivity contribution in [2.75, 3.05) is 30.8 Å². The molecule has 2 N–H and O–H groups in total. The summed E-state index contributed by atoms with van der Waals surface area (Å²) in [5.41, 5.74) is 1.35. The molecule has 7 nitrogen and oxygen atoms in total. The Morgan fingerprint density at radius 3 is 2.37 bits per heavy atom. The zero-order chi connectivity index (χ0) is 27.4. The van der Waals surface area contributed by atoms with Crippen molar-refractivity contribution < 1.29 is 18.7 Å². The fourth-order valence-corrected chi connectivity index (χ4v) is 4.30. The van der Waals surface area contributed by atoms with E-state index >= 15 is 0 Å². The summed E-state index contributed by atoms with van der Waals surface area (Å²) in [6.45, 7) is 8.13. The summed E-state index contributed by atoms with van der Waals surface area (Å²) >= 11 is 5.86. The molecule has 0 aliphatic carbocycles. The smallest absolute Gasteiger partial charge is 0.259 e. The third-order valence-corrected chi connectivity index (χ3v) is 6.72. The van der Waals surface area contributed by atoms with Crippen molar-refractivity contribution in [3.8, 4) is 5.75 Å². The minimum atomic E-state index is -0.625. The van der Waals surface area contributed by atoms with Gasteiger partial charge in [0.1, 0.15) is 23.5 Å². The molecule has 1 aliphatic heterocycles. The number of piperidine rings is 1. The van der Waals surface area contributed by atoms with E-state index in [1.54, 1.807) is 12.1 Å². The SMILES string of the molecule is CN1CCC(Oc2cc(C(C)(C)C)ccc2C(=O)Nc2ccc(F)cc2C(=O)Nc2ccc(Cl)cn2)CC1. The first-order chi connectivity index (χ1) is 18.0. The first-order valence-corrected chi connectivity index (χ1v) is 12.9. The average Bonchev–Trinajstić information content (AvgIpc) is 2.87. The van der Waals surface area contributed by atoms with E-state index in [0.717, 1.165) is 37.6 Å². The Kier molecular flexibility index (Phi) is 8.33. The number of nitrogens with one attached hydrogen (secondary N) is 2. The van der Waals surface area contributed by atoms with Crippen LogP contribution in [0.3, 0.4) is 0 Å². The van der Waals surface area contributed by atoms with Crippen molar-refractivity contribution >= 4 is 34.9 Å². The summed E-state index contributed by atoms with van der Waals surface area (Å²) < 4.78 is 20.5. The molecule has 3 aromatic rings. The van der Waals surface area contributed by atoms with E-state index in [-0.39, 0.29) is 28.6 Å². The number of rotatable bonds is 6. The van der Waals surface area contributed by atoms with Gasteiger partial charge in [0.15, 0.2) is 0 Å². The molecule has 0 atom stereocenters. The van der Waals surface area contributed by atoms with Crippen molar-refractivity contribution in [1.82, 2.24) is 9.88 Å². The second-order valence-corrected chi connectivity index (χ2v) is 11.0. The minimum Gasteiger partial charge on any atom is -0.489 e. The van der Waals surface area contributed by atoms with Crippen LogP contribution in [-0.4, -0.2) is 47.9 Å². The van der Waals surface area contributed by atoms with Crippen LogP contribution in [0.1, 0.15) is 59.9 Å². The lowest BCUT2D eigenvalue weighted by atomic mass is 9.86. The molecule has 200 valence electrons. The lowest BCUT2D eigenvalue weighted by Gasteiger charge is -2.30. The van der Waals surface area contributed by atoms with Gasteiger partial charge in [0, 0.05) is 19.3 Å². The summed E-state index contributed by atoms with van der Waals surface area (Å²) in [6.07, 6.45) is 3.10. The second kappa shape index (κ2) is 11.5. The predicted octanol–water partition coefficient (Wildman–Crippen LogP) is 6.15. The maximum atomic E-state index is 14.1. The lowest BCUT2D eigenvalue weighted by molar-refractivity contribution is 0.0988. The summed E-state index contributed by atoms with van der Waals surface area (Å²) in [6, 6.07) is 12.3. The van der Waals surface area contributed by atoms with Crippen molar-refractivity contribution in [2.45, 2.75) is 45.1 Å². The molecule has 1 aliphatic rings. The minimum absolute atomic E-state index is 0.00740. The van der Waals surface area contributed by atoms with Gasteiger partial charge in [-0.05, 0) is 73.3 Å². The van der Waals surface area contributed by atoms with Crippen molar-refractivity contribution in [3.05, 3.63) is 82.3 Å². The molecule has 0 saturated carbocycles. The Balaban J connectivity index is 1.61. The maximum absolute atomic E-state index is 14.1. The van der Waals surface area contributed by atoms with Gasteiger partial charge in [0.25, 0.3) is 11.8 Å². The largest absolute Gasteiger partial charge is 0.489 e. The van der Waals surface area contributed by atoms with Crippen LogP contribution in [0, 0.1) is 5.82 Å². The number of nitrogens with zero attached hydrogens (tertiary/aromatic N) is 2. The summed E-state index contributed by atoms with van der Waals surface area (Å²) in [7, 11) is 2.08. The van der Waals surface area contributed by atoms with E-state index < -0.39 is 17.6 Å². The van der Waals surface area contributed by atoms with Gasteiger partial charge in [0.2, 0.25) is 0 Å². The molecule has 2 heterocycles. The number of ether oxygens (including phenoxy) is 1. The van der Waals surface area contributed by atoms with Gasteiger partial charge in [-0.3, -0.25) is 9.59 Å². The van der Waals surface area contributed by atoms with E-state index in [0.29, 0.717) is 16.3 Å². The van der Waals surface area contributed by atoms with Crippen molar-refractivity contribution in [1.29, 1.82) is 0 Å². The fraction of sp³-hybridized carbons (Fsp3) is 0.345. The Morgan fingerprint density at radius 1 is 1.00 bits per heavy atom. The molecule has 0 unspecified atom stereocenters. The first-order valence-electron chi connectivity index (χ1n) is 12.5. The highest BCUT2D eigenvalue weighted by Gasteiger charge is 2.25. The van der Waals surface area contributed by atoms with Crippen LogP contribution in [0.15, 0.2) is 54.7 Å². The quantitative estimate of drug-likeness (QED) is 0.393. The van der Waals surface area contributed by atoms with E-state index in [2.05, 4.69) is 48.3 Å². The van der Waals surface area contributed by atoms with E-state index in [9.17, 15) is 14.0 Å². The number of hydrogen-bond acceptors (Lipinski definition) is 5. The molecule has 38 heavy (non-hydrogen) atoms. The van der Waals surface area contributed by atoms with Crippen LogP contribution in [0.4, 0.5) is 15.9 Å². The molecule has 4 rings (SSSR count). The van der Waals surface area contributed by atoms with Crippen LogP contribution < -0.4 is 15.4 Å². The van der Waals surface area contributed by atoms with Gasteiger partial charge in [-0.2, -0.15) is 0 Å². The van der Waals surface area contributed by atoms with Crippen LogP contribution in [0.2, 0.25) is 5.02 Å². The number of carbonyl (C=O) groups excluding carboxylic acids is 2. The van der Waals surface area contributed by atoms with Gasteiger partial charge < -0.3 is 20.3 Å². The Morgan fingerprint density at radius 2 is 1.71 bits per heavy atom. The number of likely N-dealkylation sites (tertiary alicyclic amines) is 1. The van der Waals surface area contributed by atoms with E-state index in [4.69, 9.17) is 16.3 Å². The molecule has 9 heteroatoms. The van der Waals surface area contributed by atoms with Gasteiger partial charge in [-0.25, -0.2) is 9.37 Å². The van der Waals surface area contributed by atoms with Crippen LogP contribution >= 0.6 is 11.6 Å². The van der Waals surface area contributed by atoms with Crippen LogP contribution in [0.5, 0.6) is 5.75 Å². The normalized spacial score (nSPS) is 14.7. The number of pyridine rings is 1. The number of hydrogen-bond donors (Lipinski definition) is 2. The molecule has 0 radical (unpaired) electrons. The molecule has 0 spiro atoms. The third kappa shape index (κ3) is 6.88. The standard InChI is InChI=1S/C29H32ClFN4O3/c1-29(2,3)18-5-8-22(25(15-18)38-21-11-13-35(4)14-12-21)27(36)33-24-9-7-20(31)16-23(24)28(37)34-26-10-6-19(30)17-32-26/h5-10,15-17,21H,11-14H2,1-4H3,(H,33,36)(H,32,34,37). The Labute approximate surface area is 227 Å². The van der Waals surface area contributed by atoms with Gasteiger partial charge in [-0.1, -0.05) is 38.4 Å². The summed E-state index contributed by atoms with van der Waals surface area (Å²) in [5.74, 6) is -0.965. The number of amides is 2. The fourth-order valence-electron chi connectivity index (χ4n) is 4.19. The topological polar surface area (TPSA) is 83.6 Å². The highest BCUT2D eigenvalue weighted by Crippen LogP contribution is 2.31. The van der Waals surface area contributed by atoms with Crippen molar-refractivity contribution in [3.63, 3.8) is 0 Å². The second-order valence-electron chi connectivity index (χ2n) is 10.5. The predicted molar refractivity (Wildman–Crippen MR) is 148 cm³/mol. The molecular weight excluding hydrogens is 507 g/mol. The Bertz CT molecular complexity index is 1320. The average molecular weight is 539 g/mol. The molecule has 1 saturated heterocycles. The molecule has 0 bridgehead atoms. The Hall–Kier alpha value is -3.49. The highest BCUT2D eigenvalue weighted by molar-refractivity contribution is 6.30. The number of benzene rings is 2. The van der Waals surface area contributed by atoms with Gasteiger partial charge >= 0.3 is 0 Å². The monoisotopic (exact) mass is 538 g/mol. The van der Waals surface area contributed by atoms with Crippen LogP contribution in [-0.2, 0) is 5.41 Å². The maximum Gasteiger partial charge on any atom is 0.259 e. The number of carbonyl (C=O) groups is 2. The molecule has 2 amide bonds. The molecule has 1 fully saturated rings. The number of halogens is 2. The molecule has 2 aromatic carbocycles. The highest BCUT2D eigenvalue weighted by atomic mass is 35.5. The number of aromatic nitrogens is 1. The summed E-state index contributed by atoms with van der Waals surface area (Å²) in [5, 5.41) is 5.79. The first kappa shape index (κ1) is 27.5. The van der Waals surface area contributed by atoms with Crippen LogP contribution in [0.25, 0.3) is 0 Å². The van der Waals surface area contributed by atoms with E-state index in [1.807, 2.05) is 12.1 Å². The molecule has 1 aromatic heterocycles.